The predicted octanol–water partition coefficient (Wildman–Crippen LogP) is -1.93. The summed E-state index contributed by atoms with van der Waals surface area (Å²) in [6, 6.07) is -2.87. The van der Waals surface area contributed by atoms with Crippen molar-refractivity contribution in [2.75, 3.05) is 12.3 Å². The molecule has 9 nitrogen and oxygen atoms in total. The molecular formula is C13H22N4O5S. The van der Waals surface area contributed by atoms with Crippen LogP contribution in [0.3, 0.4) is 0 Å². The van der Waals surface area contributed by atoms with Gasteiger partial charge in [0.25, 0.3) is 0 Å². The van der Waals surface area contributed by atoms with E-state index in [1.165, 1.54) is 4.90 Å². The Labute approximate surface area is 139 Å². The molecule has 10 heteroatoms. The molecule has 0 aromatic rings. The van der Waals surface area contributed by atoms with E-state index in [0.29, 0.717) is 12.8 Å². The molecular weight excluding hydrogens is 324 g/mol. The zero-order valence-electron chi connectivity index (χ0n) is 12.6. The first-order valence-corrected chi connectivity index (χ1v) is 7.89. The molecule has 3 atom stereocenters. The fraction of sp³-hybridized carbons (Fsp3) is 0.692. The van der Waals surface area contributed by atoms with Gasteiger partial charge in [0.05, 0.1) is 6.04 Å². The first-order chi connectivity index (χ1) is 10.8. The topological polar surface area (TPSA) is 156 Å². The summed E-state index contributed by atoms with van der Waals surface area (Å²) in [4.78, 5) is 47.8. The van der Waals surface area contributed by atoms with Crippen molar-refractivity contribution in [3.8, 4) is 0 Å². The van der Waals surface area contributed by atoms with Gasteiger partial charge in [0, 0.05) is 18.7 Å². The van der Waals surface area contributed by atoms with Gasteiger partial charge in [-0.3, -0.25) is 14.4 Å². The second kappa shape index (κ2) is 8.73. The van der Waals surface area contributed by atoms with Gasteiger partial charge in [0.1, 0.15) is 12.1 Å². The van der Waals surface area contributed by atoms with Gasteiger partial charge >= 0.3 is 5.97 Å². The number of amides is 3. The highest BCUT2D eigenvalue weighted by atomic mass is 32.1. The highest BCUT2D eigenvalue weighted by Crippen LogP contribution is 2.19. The number of thiol groups is 1. The van der Waals surface area contributed by atoms with Crippen molar-refractivity contribution in [1.29, 1.82) is 0 Å². The molecule has 1 heterocycles. The summed E-state index contributed by atoms with van der Waals surface area (Å²) in [6.07, 6.45) is 0.795. The van der Waals surface area contributed by atoms with Crippen molar-refractivity contribution >= 4 is 36.3 Å². The minimum absolute atomic E-state index is 0.0119. The molecule has 1 aliphatic heterocycles. The maximum atomic E-state index is 12.6. The van der Waals surface area contributed by atoms with Crippen molar-refractivity contribution in [3.63, 3.8) is 0 Å². The zero-order chi connectivity index (χ0) is 17.6. The van der Waals surface area contributed by atoms with Gasteiger partial charge in [0.15, 0.2) is 0 Å². The maximum Gasteiger partial charge on any atom is 0.326 e. The highest BCUT2D eigenvalue weighted by molar-refractivity contribution is 7.80. The molecule has 1 saturated heterocycles. The Morgan fingerprint density at radius 1 is 1.35 bits per heavy atom. The third kappa shape index (κ3) is 5.39. The lowest BCUT2D eigenvalue weighted by Crippen LogP contribution is -2.55. The van der Waals surface area contributed by atoms with Gasteiger partial charge < -0.3 is 26.8 Å². The third-order valence-electron chi connectivity index (χ3n) is 3.65. The Hall–Kier alpha value is -1.81. The number of hydrogen-bond donors (Lipinski definition) is 5. The number of likely N-dealkylation sites (tertiary alicyclic amines) is 1. The van der Waals surface area contributed by atoms with E-state index >= 15 is 0 Å². The third-order valence-corrected chi connectivity index (χ3v) is 4.04. The minimum atomic E-state index is -1.09. The number of nitrogens with two attached hydrogens (primary N) is 2. The first kappa shape index (κ1) is 19.2. The van der Waals surface area contributed by atoms with Crippen LogP contribution >= 0.6 is 12.6 Å². The Morgan fingerprint density at radius 3 is 2.52 bits per heavy atom. The van der Waals surface area contributed by atoms with Crippen LogP contribution in [0.1, 0.15) is 25.7 Å². The van der Waals surface area contributed by atoms with Gasteiger partial charge in [-0.15, -0.1) is 0 Å². The van der Waals surface area contributed by atoms with Gasteiger partial charge in [0.2, 0.25) is 17.7 Å². The van der Waals surface area contributed by atoms with E-state index in [1.54, 1.807) is 0 Å². The summed E-state index contributed by atoms with van der Waals surface area (Å²) in [6.45, 7) is 0.289. The van der Waals surface area contributed by atoms with Gasteiger partial charge in [-0.2, -0.15) is 12.6 Å². The number of nitrogens with zero attached hydrogens (tertiary/aromatic N) is 1. The lowest BCUT2D eigenvalue weighted by atomic mass is 10.1. The summed E-state index contributed by atoms with van der Waals surface area (Å²) < 4.78 is 0. The van der Waals surface area contributed by atoms with E-state index in [0.717, 1.165) is 0 Å². The maximum absolute atomic E-state index is 12.6. The SMILES string of the molecule is NC(=O)CC[C@H](NC(=O)[C@@H](N)CS)C(=O)N1CCC[C@@H]1C(=O)O. The van der Waals surface area contributed by atoms with Crippen molar-refractivity contribution in [2.24, 2.45) is 11.5 Å². The molecule has 0 bridgehead atoms. The van der Waals surface area contributed by atoms with E-state index in [1.807, 2.05) is 0 Å². The Balaban J connectivity index is 2.84. The number of hydrogen-bond acceptors (Lipinski definition) is 6. The van der Waals surface area contributed by atoms with Crippen molar-refractivity contribution in [1.82, 2.24) is 10.2 Å². The molecule has 6 N–H and O–H groups in total. The van der Waals surface area contributed by atoms with Crippen molar-refractivity contribution in [3.05, 3.63) is 0 Å². The molecule has 0 aromatic heterocycles. The number of nitrogens with one attached hydrogen (secondary N) is 1. The molecule has 3 amide bonds. The summed E-state index contributed by atoms with van der Waals surface area (Å²) in [5, 5.41) is 11.6. The minimum Gasteiger partial charge on any atom is -0.480 e. The van der Waals surface area contributed by atoms with E-state index in [-0.39, 0.29) is 25.1 Å². The Morgan fingerprint density at radius 2 is 2.00 bits per heavy atom. The number of rotatable bonds is 8. The lowest BCUT2D eigenvalue weighted by Gasteiger charge is -2.27. The Kier molecular flexibility index (Phi) is 7.30. The molecule has 0 radical (unpaired) electrons. The molecule has 23 heavy (non-hydrogen) atoms. The number of carbonyl (C=O) groups excluding carboxylic acids is 3. The molecule has 0 saturated carbocycles. The zero-order valence-corrected chi connectivity index (χ0v) is 13.5. The second-order valence-electron chi connectivity index (χ2n) is 5.38. The van der Waals surface area contributed by atoms with Crippen LogP contribution in [0.15, 0.2) is 0 Å². The molecule has 0 aromatic carbocycles. The molecule has 0 aliphatic carbocycles. The summed E-state index contributed by atoms with van der Waals surface area (Å²) in [7, 11) is 0. The van der Waals surface area contributed by atoms with Crippen LogP contribution in [0.5, 0.6) is 0 Å². The number of carboxylic acid groups (broad SMARTS) is 1. The summed E-state index contributed by atoms with van der Waals surface area (Å²) >= 11 is 3.91. The fourth-order valence-electron chi connectivity index (χ4n) is 2.39. The predicted molar refractivity (Wildman–Crippen MR) is 84.6 cm³/mol. The number of aliphatic carboxylic acids is 1. The van der Waals surface area contributed by atoms with Gasteiger partial charge in [-0.25, -0.2) is 4.79 Å². The molecule has 0 unspecified atom stereocenters. The average Bonchev–Trinajstić information content (AvgIpc) is 2.99. The first-order valence-electron chi connectivity index (χ1n) is 7.26. The molecule has 1 rings (SSSR count). The lowest BCUT2D eigenvalue weighted by molar-refractivity contribution is -0.149. The quantitative estimate of drug-likeness (QED) is 0.322. The van der Waals surface area contributed by atoms with E-state index in [9.17, 15) is 19.2 Å². The van der Waals surface area contributed by atoms with Crippen LogP contribution in [-0.2, 0) is 19.2 Å². The van der Waals surface area contributed by atoms with Gasteiger partial charge in [-0.1, -0.05) is 0 Å². The largest absolute Gasteiger partial charge is 0.480 e. The normalized spacial score (nSPS) is 19.9. The van der Waals surface area contributed by atoms with Crippen molar-refractivity contribution in [2.45, 2.75) is 43.8 Å². The van der Waals surface area contributed by atoms with E-state index in [4.69, 9.17) is 16.6 Å². The number of primary amides is 1. The summed E-state index contributed by atoms with van der Waals surface area (Å²) in [5.74, 6) is -2.76. The summed E-state index contributed by atoms with van der Waals surface area (Å²) in [5.41, 5.74) is 10.6. The molecule has 1 aliphatic rings. The number of carbonyl (C=O) groups is 4. The number of carboxylic acids is 1. The van der Waals surface area contributed by atoms with E-state index < -0.39 is 41.8 Å². The van der Waals surface area contributed by atoms with Crippen LogP contribution in [-0.4, -0.2) is 64.1 Å². The monoisotopic (exact) mass is 346 g/mol. The second-order valence-corrected chi connectivity index (χ2v) is 5.75. The van der Waals surface area contributed by atoms with Crippen LogP contribution < -0.4 is 16.8 Å². The fourth-order valence-corrected chi connectivity index (χ4v) is 2.56. The van der Waals surface area contributed by atoms with Crippen molar-refractivity contribution < 1.29 is 24.3 Å². The Bertz CT molecular complexity index is 487. The molecule has 0 spiro atoms. The van der Waals surface area contributed by atoms with Crippen LogP contribution in [0.2, 0.25) is 0 Å². The average molecular weight is 346 g/mol. The van der Waals surface area contributed by atoms with Gasteiger partial charge in [-0.05, 0) is 19.3 Å². The molecule has 1 fully saturated rings. The van der Waals surface area contributed by atoms with Crippen LogP contribution in [0.25, 0.3) is 0 Å². The highest BCUT2D eigenvalue weighted by Gasteiger charge is 2.37. The standard InChI is InChI=1S/C13H22N4O5S/c14-7(6-23)11(19)16-8(3-4-10(15)18)12(20)17-5-1-2-9(17)13(21)22/h7-9,23H,1-6,14H2,(H2,15,18)(H,16,19)(H,21,22)/t7-,8-,9+/m0/s1. The smallest absolute Gasteiger partial charge is 0.326 e. The molecule has 130 valence electrons. The van der Waals surface area contributed by atoms with E-state index in [2.05, 4.69) is 17.9 Å². The van der Waals surface area contributed by atoms with Crippen LogP contribution in [0, 0.1) is 0 Å². The van der Waals surface area contributed by atoms with Crippen LogP contribution in [0.4, 0.5) is 0 Å².